The topological polar surface area (TPSA) is 36.9 Å². The van der Waals surface area contributed by atoms with E-state index in [1.165, 1.54) is 0 Å². The van der Waals surface area contributed by atoms with Gasteiger partial charge in [-0.05, 0) is 41.5 Å². The molecule has 0 saturated heterocycles. The quantitative estimate of drug-likeness (QED) is 0.615. The summed E-state index contributed by atoms with van der Waals surface area (Å²) in [4.78, 5) is 0. The number of hydrogen-bond acceptors (Lipinski definition) is 4. The molecule has 116 valence electrons. The second-order valence-corrected chi connectivity index (χ2v) is 6.33. The van der Waals surface area contributed by atoms with E-state index in [0.29, 0.717) is 33.0 Å². The normalized spacial score (nSPS) is 15.8. The molecule has 4 heteroatoms. The summed E-state index contributed by atoms with van der Waals surface area (Å²) in [5, 5.41) is 0. The minimum Gasteiger partial charge on any atom is -0.384 e. The molecule has 0 bridgehead atoms. The summed E-state index contributed by atoms with van der Waals surface area (Å²) in [6.07, 6.45) is 0.187. The summed E-state index contributed by atoms with van der Waals surface area (Å²) in [5.41, 5.74) is -0.425. The van der Waals surface area contributed by atoms with Gasteiger partial charge in [0.1, 0.15) is 0 Å². The minimum absolute atomic E-state index is 0.178. The maximum atomic E-state index is 5.94. The van der Waals surface area contributed by atoms with Gasteiger partial charge in [0.05, 0.1) is 43.5 Å². The van der Waals surface area contributed by atoms with Crippen molar-refractivity contribution in [3.05, 3.63) is 0 Å². The molecule has 0 radical (unpaired) electrons. The van der Waals surface area contributed by atoms with Crippen LogP contribution in [0.25, 0.3) is 0 Å². The molecule has 0 N–H and O–H groups in total. The summed E-state index contributed by atoms with van der Waals surface area (Å²) in [6, 6.07) is 0. The van der Waals surface area contributed by atoms with Crippen LogP contribution in [0.5, 0.6) is 0 Å². The zero-order chi connectivity index (χ0) is 14.9. The zero-order valence-electron chi connectivity index (χ0n) is 13.7. The van der Waals surface area contributed by atoms with Crippen molar-refractivity contribution in [2.75, 3.05) is 40.1 Å². The summed E-state index contributed by atoms with van der Waals surface area (Å²) >= 11 is 0. The molecule has 4 nitrogen and oxygen atoms in total. The van der Waals surface area contributed by atoms with Crippen molar-refractivity contribution in [2.24, 2.45) is 5.41 Å². The molecule has 1 unspecified atom stereocenters. The molecule has 0 aromatic heterocycles. The summed E-state index contributed by atoms with van der Waals surface area (Å²) in [6.45, 7) is 15.2. The molecule has 0 rings (SSSR count). The van der Waals surface area contributed by atoms with Crippen LogP contribution in [0.2, 0.25) is 0 Å². The SMILES string of the molecule is CCOCC(COC)(COC(C)C)COC(C)(C)C. The van der Waals surface area contributed by atoms with E-state index in [0.717, 1.165) is 0 Å². The lowest BCUT2D eigenvalue weighted by atomic mass is 9.91. The molecule has 0 amide bonds. The highest BCUT2D eigenvalue weighted by molar-refractivity contribution is 4.80. The lowest BCUT2D eigenvalue weighted by Crippen LogP contribution is -2.44. The zero-order valence-corrected chi connectivity index (χ0v) is 13.7. The Morgan fingerprint density at radius 2 is 1.58 bits per heavy atom. The molecule has 1 atom stereocenters. The molecular formula is C15H32O4. The van der Waals surface area contributed by atoms with E-state index in [9.17, 15) is 0 Å². The average Bonchev–Trinajstić information content (AvgIpc) is 2.30. The minimum atomic E-state index is -0.248. The van der Waals surface area contributed by atoms with Crippen LogP contribution in [0.1, 0.15) is 41.5 Å². The lowest BCUT2D eigenvalue weighted by molar-refractivity contribution is -0.134. The number of ether oxygens (including phenoxy) is 4. The van der Waals surface area contributed by atoms with Crippen LogP contribution >= 0.6 is 0 Å². The van der Waals surface area contributed by atoms with Crippen LogP contribution in [-0.2, 0) is 18.9 Å². The van der Waals surface area contributed by atoms with Crippen molar-refractivity contribution in [2.45, 2.75) is 53.2 Å². The number of rotatable bonds is 10. The largest absolute Gasteiger partial charge is 0.384 e. The molecule has 0 fully saturated rings. The Kier molecular flexibility index (Phi) is 8.83. The predicted molar refractivity (Wildman–Crippen MR) is 77.6 cm³/mol. The summed E-state index contributed by atoms with van der Waals surface area (Å²) in [5.74, 6) is 0. The van der Waals surface area contributed by atoms with Crippen LogP contribution in [0, 0.1) is 5.41 Å². The van der Waals surface area contributed by atoms with Gasteiger partial charge < -0.3 is 18.9 Å². The van der Waals surface area contributed by atoms with Crippen LogP contribution in [0.3, 0.4) is 0 Å². The second-order valence-electron chi connectivity index (χ2n) is 6.33. The molecule has 0 saturated carbocycles. The summed E-state index contributed by atoms with van der Waals surface area (Å²) < 4.78 is 22.7. The average molecular weight is 276 g/mol. The van der Waals surface area contributed by atoms with Gasteiger partial charge in [-0.1, -0.05) is 0 Å². The predicted octanol–water partition coefficient (Wildman–Crippen LogP) is 2.90. The first-order valence-corrected chi connectivity index (χ1v) is 7.07. The maximum Gasteiger partial charge on any atom is 0.0638 e. The fourth-order valence-corrected chi connectivity index (χ4v) is 1.59. The van der Waals surface area contributed by atoms with Gasteiger partial charge in [-0.25, -0.2) is 0 Å². The van der Waals surface area contributed by atoms with Crippen LogP contribution in [0.4, 0.5) is 0 Å². The van der Waals surface area contributed by atoms with Gasteiger partial charge in [0, 0.05) is 13.7 Å². The van der Waals surface area contributed by atoms with Crippen LogP contribution in [-0.4, -0.2) is 51.8 Å². The first kappa shape index (κ1) is 18.8. The second kappa shape index (κ2) is 8.90. The fourth-order valence-electron chi connectivity index (χ4n) is 1.59. The van der Waals surface area contributed by atoms with Gasteiger partial charge in [0.15, 0.2) is 0 Å². The van der Waals surface area contributed by atoms with E-state index in [1.54, 1.807) is 7.11 Å². The third-order valence-electron chi connectivity index (χ3n) is 2.60. The summed E-state index contributed by atoms with van der Waals surface area (Å²) in [7, 11) is 1.70. The Morgan fingerprint density at radius 3 is 2.00 bits per heavy atom. The van der Waals surface area contributed by atoms with Crippen LogP contribution < -0.4 is 0 Å². The van der Waals surface area contributed by atoms with Crippen molar-refractivity contribution >= 4 is 0 Å². The molecule has 0 spiro atoms. The van der Waals surface area contributed by atoms with Gasteiger partial charge in [-0.2, -0.15) is 0 Å². The maximum absolute atomic E-state index is 5.94. The molecule has 0 heterocycles. The van der Waals surface area contributed by atoms with E-state index in [4.69, 9.17) is 18.9 Å². The van der Waals surface area contributed by atoms with Crippen molar-refractivity contribution in [1.82, 2.24) is 0 Å². The van der Waals surface area contributed by atoms with Gasteiger partial charge in [-0.3, -0.25) is 0 Å². The monoisotopic (exact) mass is 276 g/mol. The molecule has 19 heavy (non-hydrogen) atoms. The molecular weight excluding hydrogens is 244 g/mol. The Balaban J connectivity index is 4.69. The van der Waals surface area contributed by atoms with Crippen molar-refractivity contribution in [1.29, 1.82) is 0 Å². The highest BCUT2D eigenvalue weighted by Gasteiger charge is 2.33. The first-order chi connectivity index (χ1) is 8.74. The van der Waals surface area contributed by atoms with E-state index in [-0.39, 0.29) is 17.1 Å². The highest BCUT2D eigenvalue weighted by Crippen LogP contribution is 2.23. The lowest BCUT2D eigenvalue weighted by Gasteiger charge is -2.35. The number of hydrogen-bond donors (Lipinski definition) is 0. The third kappa shape index (κ3) is 9.38. The van der Waals surface area contributed by atoms with E-state index >= 15 is 0 Å². The molecule has 0 aliphatic heterocycles. The van der Waals surface area contributed by atoms with Gasteiger partial charge >= 0.3 is 0 Å². The molecule has 0 aromatic carbocycles. The van der Waals surface area contributed by atoms with Crippen molar-refractivity contribution in [3.8, 4) is 0 Å². The first-order valence-electron chi connectivity index (χ1n) is 7.07. The standard InChI is InChI=1S/C15H32O4/c1-8-17-10-15(9-16-7,11-18-13(2)3)12-19-14(4,5)6/h13H,8-12H2,1-7H3. The molecule has 0 aromatic rings. The Hall–Kier alpha value is -0.160. The van der Waals surface area contributed by atoms with E-state index in [2.05, 4.69) is 20.8 Å². The smallest absolute Gasteiger partial charge is 0.0638 e. The molecule has 0 aliphatic carbocycles. The molecule has 0 aliphatic rings. The van der Waals surface area contributed by atoms with Crippen LogP contribution in [0.15, 0.2) is 0 Å². The number of methoxy groups -OCH3 is 1. The van der Waals surface area contributed by atoms with Crippen molar-refractivity contribution < 1.29 is 18.9 Å². The van der Waals surface area contributed by atoms with Gasteiger partial charge in [0.25, 0.3) is 0 Å². The fraction of sp³-hybridized carbons (Fsp3) is 1.00. The van der Waals surface area contributed by atoms with E-state index < -0.39 is 0 Å². The van der Waals surface area contributed by atoms with E-state index in [1.807, 2.05) is 20.8 Å². The van der Waals surface area contributed by atoms with Crippen molar-refractivity contribution in [3.63, 3.8) is 0 Å². The Labute approximate surface area is 118 Å². The Morgan fingerprint density at radius 1 is 0.947 bits per heavy atom. The third-order valence-corrected chi connectivity index (χ3v) is 2.60. The van der Waals surface area contributed by atoms with Gasteiger partial charge in [0.2, 0.25) is 0 Å². The Bertz CT molecular complexity index is 223. The van der Waals surface area contributed by atoms with Gasteiger partial charge in [-0.15, -0.1) is 0 Å². The highest BCUT2D eigenvalue weighted by atomic mass is 16.5.